The molecule has 0 saturated heterocycles. The summed E-state index contributed by atoms with van der Waals surface area (Å²) in [5.74, 6) is 0.835. The highest BCUT2D eigenvalue weighted by atomic mass is 32.2. The molecule has 0 aromatic heterocycles. The number of thioether (sulfide) groups is 1. The fraction of sp³-hybridized carbons (Fsp3) is 0.400. The number of Topliss-reactive ketones (excluding diaryl/α,β-unsaturated/α-hetero) is 1. The molecule has 0 amide bonds. The van der Waals surface area contributed by atoms with Crippen LogP contribution in [0.3, 0.4) is 0 Å². The number of hydrogen-bond donors (Lipinski definition) is 1. The van der Waals surface area contributed by atoms with Crippen LogP contribution in [-0.4, -0.2) is 44.1 Å². The number of methoxy groups -OCH3 is 2. The molecule has 6 nitrogen and oxygen atoms in total. The minimum atomic E-state index is -4.51. The summed E-state index contributed by atoms with van der Waals surface area (Å²) in [4.78, 5) is 27.1. The molecule has 1 aliphatic heterocycles. The van der Waals surface area contributed by atoms with Crippen molar-refractivity contribution in [2.45, 2.75) is 44.7 Å². The molecule has 1 aliphatic carbocycles. The van der Waals surface area contributed by atoms with E-state index in [1.54, 1.807) is 39.0 Å². The Morgan fingerprint density at radius 2 is 1.70 bits per heavy atom. The standard InChI is InChI=1S/C30H32F3NO5S/c1-5-40-13-12-39-29(36)26-17(2)34-22-14-20(19-8-11-24(37-3)25(16-19)38-4)15-23(35)28(22)27(26)18-6-9-21(10-7-18)30(31,32)33/h6-11,16,20,27,34H,5,12-15H2,1-4H3/t20-,27+/m1/s1. The molecule has 0 bridgehead atoms. The highest BCUT2D eigenvalue weighted by Crippen LogP contribution is 2.47. The van der Waals surface area contributed by atoms with Gasteiger partial charge in [-0.05, 0) is 60.4 Å². The van der Waals surface area contributed by atoms with Gasteiger partial charge in [-0.25, -0.2) is 4.79 Å². The number of esters is 1. The van der Waals surface area contributed by atoms with Crippen LogP contribution in [0.1, 0.15) is 55.2 Å². The van der Waals surface area contributed by atoms with Crippen molar-refractivity contribution in [3.63, 3.8) is 0 Å². The first-order valence-corrected chi connectivity index (χ1v) is 14.1. The molecule has 0 spiro atoms. The average Bonchev–Trinajstić information content (AvgIpc) is 2.93. The number of dihydropyridines is 1. The third-order valence-corrected chi connectivity index (χ3v) is 8.03. The summed E-state index contributed by atoms with van der Waals surface area (Å²) >= 11 is 1.62. The smallest absolute Gasteiger partial charge is 0.416 e. The zero-order valence-corrected chi connectivity index (χ0v) is 23.6. The molecule has 40 heavy (non-hydrogen) atoms. The lowest BCUT2D eigenvalue weighted by Crippen LogP contribution is -2.36. The third-order valence-electron chi connectivity index (χ3n) is 7.16. The van der Waals surface area contributed by atoms with E-state index in [0.29, 0.717) is 46.2 Å². The average molecular weight is 576 g/mol. The van der Waals surface area contributed by atoms with Crippen LogP contribution >= 0.6 is 11.8 Å². The number of ether oxygens (including phenoxy) is 3. The van der Waals surface area contributed by atoms with Crippen molar-refractivity contribution in [2.75, 3.05) is 32.3 Å². The number of ketones is 1. The van der Waals surface area contributed by atoms with Crippen LogP contribution in [0.15, 0.2) is 65.0 Å². The van der Waals surface area contributed by atoms with Gasteiger partial charge in [0, 0.05) is 35.1 Å². The van der Waals surface area contributed by atoms with Crippen LogP contribution in [0, 0.1) is 0 Å². The van der Waals surface area contributed by atoms with Crippen molar-refractivity contribution < 1.29 is 37.0 Å². The largest absolute Gasteiger partial charge is 0.493 e. The zero-order chi connectivity index (χ0) is 29.0. The molecule has 2 aliphatic rings. The van der Waals surface area contributed by atoms with Gasteiger partial charge in [0.15, 0.2) is 17.3 Å². The summed E-state index contributed by atoms with van der Waals surface area (Å²) in [5, 5.41) is 3.26. The summed E-state index contributed by atoms with van der Waals surface area (Å²) in [6.07, 6.45) is -3.86. The predicted molar refractivity (Wildman–Crippen MR) is 148 cm³/mol. The Labute approximate surface area is 235 Å². The topological polar surface area (TPSA) is 73.9 Å². The van der Waals surface area contributed by atoms with E-state index in [2.05, 4.69) is 5.32 Å². The predicted octanol–water partition coefficient (Wildman–Crippen LogP) is 6.38. The maximum Gasteiger partial charge on any atom is 0.416 e. The van der Waals surface area contributed by atoms with Gasteiger partial charge in [-0.2, -0.15) is 24.9 Å². The lowest BCUT2D eigenvalue weighted by atomic mass is 9.71. The number of carbonyl (C=O) groups excluding carboxylic acids is 2. The molecule has 1 heterocycles. The second kappa shape index (κ2) is 12.4. The van der Waals surface area contributed by atoms with Gasteiger partial charge in [-0.1, -0.05) is 25.1 Å². The summed E-state index contributed by atoms with van der Waals surface area (Å²) in [6, 6.07) is 10.2. The van der Waals surface area contributed by atoms with Crippen LogP contribution in [0.25, 0.3) is 0 Å². The van der Waals surface area contributed by atoms with E-state index in [1.807, 2.05) is 19.1 Å². The Bertz CT molecular complexity index is 1330. The van der Waals surface area contributed by atoms with Gasteiger partial charge >= 0.3 is 12.1 Å². The minimum Gasteiger partial charge on any atom is -0.493 e. The second-order valence-electron chi connectivity index (χ2n) is 9.58. The van der Waals surface area contributed by atoms with Crippen molar-refractivity contribution >= 4 is 23.5 Å². The molecule has 2 atom stereocenters. The molecule has 1 N–H and O–H groups in total. The minimum absolute atomic E-state index is 0.167. The maximum atomic E-state index is 13.8. The lowest BCUT2D eigenvalue weighted by molar-refractivity contribution is -0.139. The highest BCUT2D eigenvalue weighted by Gasteiger charge is 2.42. The second-order valence-corrected chi connectivity index (χ2v) is 11.0. The van der Waals surface area contributed by atoms with Gasteiger partial charge < -0.3 is 19.5 Å². The first kappa shape index (κ1) is 29.6. The SMILES string of the molecule is CCSCCOC(=O)C1=C(C)NC2=C(C(=O)C[C@H](c3ccc(OC)c(OC)c3)C2)[C@H]1c1ccc(C(F)(F)F)cc1. The quantitative estimate of drug-likeness (QED) is 0.275. The molecular formula is C30H32F3NO5S. The number of hydrogen-bond acceptors (Lipinski definition) is 7. The van der Waals surface area contributed by atoms with Crippen LogP contribution in [0.4, 0.5) is 13.2 Å². The Morgan fingerprint density at radius 1 is 1.02 bits per heavy atom. The third kappa shape index (κ3) is 6.16. The lowest BCUT2D eigenvalue weighted by Gasteiger charge is -2.37. The van der Waals surface area contributed by atoms with E-state index in [-0.39, 0.29) is 30.3 Å². The molecule has 0 unspecified atom stereocenters. The van der Waals surface area contributed by atoms with E-state index in [9.17, 15) is 22.8 Å². The Kier molecular flexibility index (Phi) is 9.18. The van der Waals surface area contributed by atoms with E-state index in [4.69, 9.17) is 14.2 Å². The van der Waals surface area contributed by atoms with Crippen molar-refractivity contribution in [2.24, 2.45) is 0 Å². The summed E-state index contributed by atoms with van der Waals surface area (Å²) in [7, 11) is 3.09. The van der Waals surface area contributed by atoms with E-state index in [0.717, 1.165) is 23.4 Å². The number of nitrogens with one attached hydrogen (secondary N) is 1. The van der Waals surface area contributed by atoms with Gasteiger partial charge in [-0.15, -0.1) is 0 Å². The number of halogens is 3. The van der Waals surface area contributed by atoms with Crippen LogP contribution in [-0.2, 0) is 20.5 Å². The fourth-order valence-corrected chi connectivity index (χ4v) is 5.76. The molecular weight excluding hydrogens is 543 g/mol. The monoisotopic (exact) mass is 575 g/mol. The van der Waals surface area contributed by atoms with E-state index in [1.165, 1.54) is 12.1 Å². The van der Waals surface area contributed by atoms with Crippen molar-refractivity contribution in [1.82, 2.24) is 5.32 Å². The number of benzene rings is 2. The Balaban J connectivity index is 1.73. The van der Waals surface area contributed by atoms with E-state index >= 15 is 0 Å². The van der Waals surface area contributed by atoms with E-state index < -0.39 is 23.6 Å². The highest BCUT2D eigenvalue weighted by molar-refractivity contribution is 7.99. The number of alkyl halides is 3. The molecule has 2 aromatic rings. The fourth-order valence-electron chi connectivity index (χ4n) is 5.27. The van der Waals surface area contributed by atoms with Crippen LogP contribution in [0.5, 0.6) is 11.5 Å². The summed E-state index contributed by atoms with van der Waals surface area (Å²) < 4.78 is 56.2. The van der Waals surface area contributed by atoms with Gasteiger partial charge in [0.2, 0.25) is 0 Å². The Morgan fingerprint density at radius 3 is 2.33 bits per heavy atom. The molecule has 0 saturated carbocycles. The number of carbonyl (C=O) groups is 2. The maximum absolute atomic E-state index is 13.8. The number of allylic oxidation sites excluding steroid dienone is 3. The van der Waals surface area contributed by atoms with Crippen LogP contribution < -0.4 is 14.8 Å². The number of rotatable bonds is 9. The van der Waals surface area contributed by atoms with Crippen LogP contribution in [0.2, 0.25) is 0 Å². The molecule has 4 rings (SSSR count). The summed E-state index contributed by atoms with van der Waals surface area (Å²) in [6.45, 7) is 3.92. The van der Waals surface area contributed by atoms with Gasteiger partial charge in [0.25, 0.3) is 0 Å². The van der Waals surface area contributed by atoms with Crippen molar-refractivity contribution in [1.29, 1.82) is 0 Å². The molecule has 2 aromatic carbocycles. The molecule has 0 fully saturated rings. The molecule has 0 radical (unpaired) electrons. The van der Waals surface area contributed by atoms with Crippen molar-refractivity contribution in [3.05, 3.63) is 81.7 Å². The van der Waals surface area contributed by atoms with Crippen molar-refractivity contribution in [3.8, 4) is 11.5 Å². The summed E-state index contributed by atoms with van der Waals surface area (Å²) in [5.41, 5.74) is 2.30. The first-order valence-electron chi connectivity index (χ1n) is 13.0. The van der Waals surface area contributed by atoms with Gasteiger partial charge in [0.1, 0.15) is 6.61 Å². The zero-order valence-electron chi connectivity index (χ0n) is 22.8. The Hall–Kier alpha value is -3.40. The van der Waals surface area contributed by atoms with Gasteiger partial charge in [0.05, 0.1) is 25.4 Å². The molecule has 10 heteroatoms. The van der Waals surface area contributed by atoms with Gasteiger partial charge in [-0.3, -0.25) is 4.79 Å². The molecule has 214 valence electrons. The normalized spacial score (nSPS) is 19.2. The first-order chi connectivity index (χ1) is 19.1.